The van der Waals surface area contributed by atoms with Gasteiger partial charge in [0.25, 0.3) is 0 Å². The molecule has 2 unspecified atom stereocenters. The summed E-state index contributed by atoms with van der Waals surface area (Å²) in [5, 5.41) is 16.5. The molecule has 1 aliphatic carbocycles. The number of benzene rings is 1. The van der Waals surface area contributed by atoms with Crippen molar-refractivity contribution in [1.82, 2.24) is 10.5 Å². The van der Waals surface area contributed by atoms with Crippen molar-refractivity contribution in [1.29, 1.82) is 0 Å². The van der Waals surface area contributed by atoms with Crippen LogP contribution in [0.2, 0.25) is 0 Å². The smallest absolute Gasteiger partial charge is 0.139 e. The number of aliphatic hydroxyl groups is 1. The standard InChI is InChI=1S/C19H25FN2O2/c1-19(2)14(9-15-11-16(7-8-23)24-22-15)10-18(19)21-12-13-5-3-4-6-17(13)20/h3-6,11,14,18,21,23H,7-10,12H2,1-2H3. The Morgan fingerprint density at radius 1 is 1.38 bits per heavy atom. The van der Waals surface area contributed by atoms with Crippen LogP contribution in [0.3, 0.4) is 0 Å². The molecule has 2 N–H and O–H groups in total. The maximum Gasteiger partial charge on any atom is 0.139 e. The van der Waals surface area contributed by atoms with E-state index in [0.717, 1.165) is 24.3 Å². The van der Waals surface area contributed by atoms with E-state index in [0.29, 0.717) is 30.5 Å². The number of hydrogen-bond acceptors (Lipinski definition) is 4. The minimum absolute atomic E-state index is 0.0750. The average molecular weight is 332 g/mol. The van der Waals surface area contributed by atoms with Crippen LogP contribution in [-0.4, -0.2) is 22.9 Å². The zero-order chi connectivity index (χ0) is 17.2. The van der Waals surface area contributed by atoms with Gasteiger partial charge in [-0.3, -0.25) is 0 Å². The van der Waals surface area contributed by atoms with Crippen molar-refractivity contribution >= 4 is 0 Å². The van der Waals surface area contributed by atoms with Crippen LogP contribution in [0.4, 0.5) is 4.39 Å². The first-order chi connectivity index (χ1) is 11.5. The van der Waals surface area contributed by atoms with Crippen LogP contribution in [0.25, 0.3) is 0 Å². The molecule has 130 valence electrons. The number of halogens is 1. The Balaban J connectivity index is 1.53. The molecule has 1 fully saturated rings. The summed E-state index contributed by atoms with van der Waals surface area (Å²) >= 11 is 0. The minimum atomic E-state index is -0.155. The molecule has 1 aliphatic rings. The minimum Gasteiger partial charge on any atom is -0.396 e. The first kappa shape index (κ1) is 17.1. The zero-order valence-electron chi connectivity index (χ0n) is 14.3. The van der Waals surface area contributed by atoms with Crippen LogP contribution in [0.15, 0.2) is 34.9 Å². The monoisotopic (exact) mass is 332 g/mol. The predicted molar refractivity (Wildman–Crippen MR) is 89.9 cm³/mol. The van der Waals surface area contributed by atoms with Crippen LogP contribution in [-0.2, 0) is 19.4 Å². The molecule has 5 heteroatoms. The van der Waals surface area contributed by atoms with Crippen LogP contribution >= 0.6 is 0 Å². The van der Waals surface area contributed by atoms with Gasteiger partial charge in [0.2, 0.25) is 0 Å². The molecular formula is C19H25FN2O2. The summed E-state index contributed by atoms with van der Waals surface area (Å²) in [6, 6.07) is 9.20. The van der Waals surface area contributed by atoms with Gasteiger partial charge >= 0.3 is 0 Å². The zero-order valence-corrected chi connectivity index (χ0v) is 14.3. The lowest BCUT2D eigenvalue weighted by molar-refractivity contribution is 0.0123. The molecule has 1 aromatic carbocycles. The average Bonchev–Trinajstić information content (AvgIpc) is 2.99. The Morgan fingerprint density at radius 2 is 2.17 bits per heavy atom. The molecule has 1 saturated carbocycles. The second kappa shape index (κ2) is 7.03. The summed E-state index contributed by atoms with van der Waals surface area (Å²) in [5.41, 5.74) is 1.78. The molecule has 3 rings (SSSR count). The van der Waals surface area contributed by atoms with Crippen molar-refractivity contribution in [2.24, 2.45) is 11.3 Å². The molecule has 2 atom stereocenters. The van der Waals surface area contributed by atoms with Gasteiger partial charge in [-0.1, -0.05) is 37.2 Å². The predicted octanol–water partition coefficient (Wildman–Crippen LogP) is 3.10. The summed E-state index contributed by atoms with van der Waals surface area (Å²) < 4.78 is 18.9. The molecule has 0 aliphatic heterocycles. The van der Waals surface area contributed by atoms with E-state index in [-0.39, 0.29) is 17.8 Å². The van der Waals surface area contributed by atoms with Gasteiger partial charge in [0, 0.05) is 30.6 Å². The van der Waals surface area contributed by atoms with E-state index < -0.39 is 0 Å². The molecule has 0 bridgehead atoms. The van der Waals surface area contributed by atoms with Crippen molar-refractivity contribution in [3.63, 3.8) is 0 Å². The fourth-order valence-electron chi connectivity index (χ4n) is 3.52. The number of hydrogen-bond donors (Lipinski definition) is 2. The Hall–Kier alpha value is -1.72. The van der Waals surface area contributed by atoms with Gasteiger partial charge in [0.05, 0.1) is 12.3 Å². The molecule has 1 aromatic heterocycles. The molecule has 24 heavy (non-hydrogen) atoms. The molecule has 0 saturated heterocycles. The number of nitrogens with one attached hydrogen (secondary N) is 1. The van der Waals surface area contributed by atoms with Gasteiger partial charge in [-0.05, 0) is 30.2 Å². The van der Waals surface area contributed by atoms with E-state index in [1.54, 1.807) is 6.07 Å². The van der Waals surface area contributed by atoms with Crippen molar-refractivity contribution in [3.05, 3.63) is 53.2 Å². The third kappa shape index (κ3) is 3.52. The summed E-state index contributed by atoms with van der Waals surface area (Å²) in [6.45, 7) is 5.12. The Bertz CT molecular complexity index is 684. The number of rotatable bonds is 7. The Kier molecular flexibility index (Phi) is 5.01. The highest BCUT2D eigenvalue weighted by atomic mass is 19.1. The van der Waals surface area contributed by atoms with Crippen molar-refractivity contribution < 1.29 is 14.0 Å². The summed E-state index contributed by atoms with van der Waals surface area (Å²) in [6.07, 6.45) is 2.43. The van der Waals surface area contributed by atoms with Gasteiger partial charge < -0.3 is 14.9 Å². The van der Waals surface area contributed by atoms with Gasteiger partial charge in [-0.15, -0.1) is 0 Å². The highest BCUT2D eigenvalue weighted by Gasteiger charge is 2.47. The maximum atomic E-state index is 13.7. The van der Waals surface area contributed by atoms with Crippen LogP contribution < -0.4 is 5.32 Å². The number of aliphatic hydroxyl groups excluding tert-OH is 1. The number of aromatic nitrogens is 1. The molecule has 1 heterocycles. The topological polar surface area (TPSA) is 58.3 Å². The SMILES string of the molecule is CC1(C)C(Cc2cc(CCO)on2)CC1NCc1ccccc1F. The van der Waals surface area contributed by atoms with E-state index in [1.807, 2.05) is 18.2 Å². The van der Waals surface area contributed by atoms with E-state index >= 15 is 0 Å². The Labute approximate surface area is 142 Å². The molecule has 4 nitrogen and oxygen atoms in total. The van der Waals surface area contributed by atoms with Gasteiger partial charge in [0.1, 0.15) is 11.6 Å². The second-order valence-corrected chi connectivity index (χ2v) is 7.24. The van der Waals surface area contributed by atoms with E-state index in [1.165, 1.54) is 6.07 Å². The summed E-state index contributed by atoms with van der Waals surface area (Å²) in [5.74, 6) is 1.10. The van der Waals surface area contributed by atoms with Gasteiger partial charge in [0.15, 0.2) is 0 Å². The quantitative estimate of drug-likeness (QED) is 0.818. The van der Waals surface area contributed by atoms with Crippen molar-refractivity contribution in [2.75, 3.05) is 6.61 Å². The fourth-order valence-corrected chi connectivity index (χ4v) is 3.52. The van der Waals surface area contributed by atoms with E-state index in [4.69, 9.17) is 9.63 Å². The lowest BCUT2D eigenvalue weighted by atomic mass is 9.57. The first-order valence-electron chi connectivity index (χ1n) is 8.53. The molecule has 2 aromatic rings. The molecule has 0 amide bonds. The maximum absolute atomic E-state index is 13.7. The third-order valence-corrected chi connectivity index (χ3v) is 5.39. The van der Waals surface area contributed by atoms with Crippen LogP contribution in [0, 0.1) is 17.2 Å². The second-order valence-electron chi connectivity index (χ2n) is 7.24. The van der Waals surface area contributed by atoms with Crippen LogP contribution in [0.1, 0.15) is 37.3 Å². The first-order valence-corrected chi connectivity index (χ1v) is 8.53. The highest BCUT2D eigenvalue weighted by molar-refractivity contribution is 5.18. The molecular weight excluding hydrogens is 307 g/mol. The summed E-state index contributed by atoms with van der Waals surface area (Å²) in [4.78, 5) is 0. The molecule has 0 radical (unpaired) electrons. The highest BCUT2D eigenvalue weighted by Crippen LogP contribution is 2.47. The fraction of sp³-hybridized carbons (Fsp3) is 0.526. The Morgan fingerprint density at radius 3 is 2.88 bits per heavy atom. The normalized spacial score (nSPS) is 22.3. The number of nitrogens with zero attached hydrogens (tertiary/aromatic N) is 1. The summed E-state index contributed by atoms with van der Waals surface area (Å²) in [7, 11) is 0. The van der Waals surface area contributed by atoms with Crippen LogP contribution in [0.5, 0.6) is 0 Å². The van der Waals surface area contributed by atoms with Crippen molar-refractivity contribution in [3.8, 4) is 0 Å². The molecule has 0 spiro atoms. The van der Waals surface area contributed by atoms with E-state index in [9.17, 15) is 4.39 Å². The van der Waals surface area contributed by atoms with Crippen molar-refractivity contribution in [2.45, 2.75) is 45.7 Å². The lowest BCUT2D eigenvalue weighted by Crippen LogP contribution is -2.57. The third-order valence-electron chi connectivity index (χ3n) is 5.39. The lowest BCUT2D eigenvalue weighted by Gasteiger charge is -2.52. The largest absolute Gasteiger partial charge is 0.396 e. The van der Waals surface area contributed by atoms with E-state index in [2.05, 4.69) is 24.3 Å². The van der Waals surface area contributed by atoms with Gasteiger partial charge in [-0.25, -0.2) is 4.39 Å². The van der Waals surface area contributed by atoms with Gasteiger partial charge in [-0.2, -0.15) is 0 Å².